The van der Waals surface area contributed by atoms with Crippen LogP contribution in [0.2, 0.25) is 10.0 Å². The quantitative estimate of drug-likeness (QED) is 0.691. The van der Waals surface area contributed by atoms with Crippen LogP contribution in [-0.2, 0) is 5.54 Å². The minimum Gasteiger partial charge on any atom is -0.310 e. The number of benzene rings is 2. The van der Waals surface area contributed by atoms with Gasteiger partial charge in [0, 0.05) is 5.54 Å². The van der Waals surface area contributed by atoms with E-state index in [-0.39, 0.29) is 5.54 Å². The molecular weight excluding hydrogens is 313 g/mol. The van der Waals surface area contributed by atoms with Gasteiger partial charge >= 0.3 is 0 Å². The number of nitrogens with one attached hydrogen (secondary N) is 1. The highest BCUT2D eigenvalue weighted by molar-refractivity contribution is 6.42. The molecule has 0 aromatic heterocycles. The first-order chi connectivity index (χ1) is 10.6. The first-order valence-electron chi connectivity index (χ1n) is 7.47. The van der Waals surface area contributed by atoms with Gasteiger partial charge in [-0.05, 0) is 43.1 Å². The second-order valence-corrected chi connectivity index (χ2v) is 6.15. The summed E-state index contributed by atoms with van der Waals surface area (Å²) in [6, 6.07) is 16.2. The third-order valence-electron chi connectivity index (χ3n) is 4.13. The van der Waals surface area contributed by atoms with E-state index < -0.39 is 0 Å². The third-order valence-corrected chi connectivity index (χ3v) is 4.87. The minimum atomic E-state index is -0.139. The lowest BCUT2D eigenvalue weighted by Crippen LogP contribution is -2.38. The Morgan fingerprint density at radius 3 is 2.36 bits per heavy atom. The van der Waals surface area contributed by atoms with Crippen LogP contribution >= 0.6 is 23.2 Å². The zero-order valence-electron chi connectivity index (χ0n) is 12.9. The van der Waals surface area contributed by atoms with Crippen LogP contribution in [0.1, 0.15) is 30.9 Å². The highest BCUT2D eigenvalue weighted by Crippen LogP contribution is 2.33. The summed E-state index contributed by atoms with van der Waals surface area (Å²) in [5.74, 6) is 0. The standard InChI is InChI=1S/C19H21Cl2N/c1-3-19(22-2,16-11-12-17(20)18(21)14-16)13-7-10-15-8-5-4-6-9-15/h4-12,14,22H,3,13H2,1-2H3/b10-7+. The van der Waals surface area contributed by atoms with E-state index in [1.165, 1.54) is 5.56 Å². The molecule has 0 aliphatic carbocycles. The molecule has 0 saturated carbocycles. The van der Waals surface area contributed by atoms with Crippen molar-refractivity contribution in [1.82, 2.24) is 5.32 Å². The van der Waals surface area contributed by atoms with Crippen LogP contribution in [0.25, 0.3) is 6.08 Å². The van der Waals surface area contributed by atoms with Gasteiger partial charge in [-0.25, -0.2) is 0 Å². The lowest BCUT2D eigenvalue weighted by molar-refractivity contribution is 0.351. The molecular formula is C19H21Cl2N. The highest BCUT2D eigenvalue weighted by Gasteiger charge is 2.27. The maximum Gasteiger partial charge on any atom is 0.0595 e. The third kappa shape index (κ3) is 3.92. The molecule has 0 radical (unpaired) electrons. The summed E-state index contributed by atoms with van der Waals surface area (Å²) >= 11 is 12.2. The van der Waals surface area contributed by atoms with Gasteiger partial charge in [0.05, 0.1) is 10.0 Å². The fraction of sp³-hybridized carbons (Fsp3) is 0.263. The van der Waals surface area contributed by atoms with E-state index in [1.54, 1.807) is 0 Å². The van der Waals surface area contributed by atoms with Crippen molar-refractivity contribution in [3.8, 4) is 0 Å². The van der Waals surface area contributed by atoms with Gasteiger partial charge in [-0.15, -0.1) is 0 Å². The molecule has 0 heterocycles. The molecule has 0 amide bonds. The summed E-state index contributed by atoms with van der Waals surface area (Å²) in [7, 11) is 1.99. The van der Waals surface area contributed by atoms with Crippen molar-refractivity contribution in [1.29, 1.82) is 0 Å². The molecule has 0 aliphatic heterocycles. The van der Waals surface area contributed by atoms with Crippen molar-refractivity contribution in [3.63, 3.8) is 0 Å². The molecule has 0 bridgehead atoms. The van der Waals surface area contributed by atoms with Crippen molar-refractivity contribution in [3.05, 3.63) is 75.8 Å². The summed E-state index contributed by atoms with van der Waals surface area (Å²) < 4.78 is 0. The Labute approximate surface area is 143 Å². The van der Waals surface area contributed by atoms with Gasteiger partial charge in [-0.3, -0.25) is 0 Å². The van der Waals surface area contributed by atoms with Crippen molar-refractivity contribution in [2.75, 3.05) is 7.05 Å². The van der Waals surface area contributed by atoms with Crippen molar-refractivity contribution in [2.45, 2.75) is 25.3 Å². The average molecular weight is 334 g/mol. The average Bonchev–Trinajstić information content (AvgIpc) is 2.56. The van der Waals surface area contributed by atoms with Crippen LogP contribution in [0.5, 0.6) is 0 Å². The predicted octanol–water partition coefficient (Wildman–Crippen LogP) is 5.92. The molecule has 0 aliphatic rings. The Bertz CT molecular complexity index is 631. The molecule has 2 aromatic carbocycles. The second kappa shape index (κ2) is 7.82. The number of hydrogen-bond acceptors (Lipinski definition) is 1. The van der Waals surface area contributed by atoms with Gasteiger partial charge < -0.3 is 5.32 Å². The van der Waals surface area contributed by atoms with Gasteiger partial charge in [-0.1, -0.05) is 78.7 Å². The van der Waals surface area contributed by atoms with Crippen LogP contribution in [0, 0.1) is 0 Å². The van der Waals surface area contributed by atoms with Crippen LogP contribution in [0.3, 0.4) is 0 Å². The Morgan fingerprint density at radius 2 is 1.77 bits per heavy atom. The lowest BCUT2D eigenvalue weighted by atomic mass is 9.84. The van der Waals surface area contributed by atoms with E-state index in [0.717, 1.165) is 18.4 Å². The maximum atomic E-state index is 6.19. The molecule has 2 aromatic rings. The van der Waals surface area contributed by atoms with Gasteiger partial charge in [-0.2, -0.15) is 0 Å². The number of halogens is 2. The Morgan fingerprint density at radius 1 is 1.05 bits per heavy atom. The Balaban J connectivity index is 2.24. The first-order valence-corrected chi connectivity index (χ1v) is 8.23. The molecule has 3 heteroatoms. The molecule has 116 valence electrons. The summed E-state index contributed by atoms with van der Waals surface area (Å²) in [4.78, 5) is 0. The van der Waals surface area contributed by atoms with Crippen LogP contribution in [0.15, 0.2) is 54.6 Å². The number of rotatable bonds is 6. The Hall–Kier alpha value is -1.28. The van der Waals surface area contributed by atoms with E-state index in [1.807, 2.05) is 43.4 Å². The van der Waals surface area contributed by atoms with Crippen molar-refractivity contribution < 1.29 is 0 Å². The molecule has 1 nitrogen and oxygen atoms in total. The fourth-order valence-corrected chi connectivity index (χ4v) is 2.94. The summed E-state index contributed by atoms with van der Waals surface area (Å²) in [5.41, 5.74) is 2.22. The lowest BCUT2D eigenvalue weighted by Gasteiger charge is -2.32. The number of hydrogen-bond donors (Lipinski definition) is 1. The van der Waals surface area contributed by atoms with E-state index >= 15 is 0 Å². The monoisotopic (exact) mass is 333 g/mol. The molecule has 1 atom stereocenters. The van der Waals surface area contributed by atoms with E-state index in [4.69, 9.17) is 23.2 Å². The minimum absolute atomic E-state index is 0.139. The summed E-state index contributed by atoms with van der Waals surface area (Å²) in [5, 5.41) is 4.65. The van der Waals surface area contributed by atoms with Crippen molar-refractivity contribution >= 4 is 29.3 Å². The van der Waals surface area contributed by atoms with Gasteiger partial charge in [0.1, 0.15) is 0 Å². The fourth-order valence-electron chi connectivity index (χ4n) is 2.64. The second-order valence-electron chi connectivity index (χ2n) is 5.33. The molecule has 22 heavy (non-hydrogen) atoms. The predicted molar refractivity (Wildman–Crippen MR) is 97.6 cm³/mol. The zero-order valence-corrected chi connectivity index (χ0v) is 14.5. The molecule has 0 fully saturated rings. The molecule has 1 unspecified atom stereocenters. The molecule has 1 N–H and O–H groups in total. The van der Waals surface area contributed by atoms with E-state index in [0.29, 0.717) is 10.0 Å². The highest BCUT2D eigenvalue weighted by atomic mass is 35.5. The summed E-state index contributed by atoms with van der Waals surface area (Å²) in [6.07, 6.45) is 6.20. The first kappa shape index (κ1) is 17.1. The maximum absolute atomic E-state index is 6.19. The van der Waals surface area contributed by atoms with E-state index in [9.17, 15) is 0 Å². The van der Waals surface area contributed by atoms with Crippen LogP contribution in [0.4, 0.5) is 0 Å². The zero-order chi connectivity index (χ0) is 16.0. The Kier molecular flexibility index (Phi) is 6.07. The van der Waals surface area contributed by atoms with E-state index in [2.05, 4.69) is 36.5 Å². The molecule has 2 rings (SSSR count). The van der Waals surface area contributed by atoms with Crippen LogP contribution in [-0.4, -0.2) is 7.05 Å². The van der Waals surface area contributed by atoms with Gasteiger partial charge in [0.2, 0.25) is 0 Å². The SMILES string of the molecule is CCC(C/C=C/c1ccccc1)(NC)c1ccc(Cl)c(Cl)c1. The van der Waals surface area contributed by atoms with Crippen molar-refractivity contribution in [2.24, 2.45) is 0 Å². The van der Waals surface area contributed by atoms with Crippen LogP contribution < -0.4 is 5.32 Å². The normalized spacial score (nSPS) is 14.2. The smallest absolute Gasteiger partial charge is 0.0595 e. The van der Waals surface area contributed by atoms with Gasteiger partial charge in [0.25, 0.3) is 0 Å². The van der Waals surface area contributed by atoms with Gasteiger partial charge in [0.15, 0.2) is 0 Å². The molecule has 0 saturated heterocycles. The summed E-state index contributed by atoms with van der Waals surface area (Å²) in [6.45, 7) is 2.18. The molecule has 0 spiro atoms. The largest absolute Gasteiger partial charge is 0.310 e. The topological polar surface area (TPSA) is 12.0 Å².